The Labute approximate surface area is 117 Å². The number of hydrazone groups is 1. The van der Waals surface area contributed by atoms with Crippen LogP contribution in [0.4, 0.5) is 4.79 Å². The summed E-state index contributed by atoms with van der Waals surface area (Å²) in [5.74, 6) is 0. The Kier molecular flexibility index (Phi) is 4.83. The molecule has 2 rings (SSSR count). The normalized spacial score (nSPS) is 10.9. The molecule has 0 saturated carbocycles. The maximum Gasteiger partial charge on any atom is 0.335 e. The van der Waals surface area contributed by atoms with Crippen LogP contribution in [0.1, 0.15) is 18.2 Å². The third-order valence-corrected chi connectivity index (χ3v) is 2.56. The summed E-state index contributed by atoms with van der Waals surface area (Å²) in [7, 11) is 0. The van der Waals surface area contributed by atoms with Crippen molar-refractivity contribution in [3.05, 3.63) is 66.0 Å². The lowest BCUT2D eigenvalue weighted by molar-refractivity contribution is 0.242. The summed E-state index contributed by atoms with van der Waals surface area (Å²) in [6.45, 7) is 2.39. The van der Waals surface area contributed by atoms with Crippen molar-refractivity contribution in [1.29, 1.82) is 0 Å². The number of nitrogens with zero attached hydrogens (tertiary/aromatic N) is 2. The molecule has 1 heterocycles. The van der Waals surface area contributed by atoms with E-state index in [9.17, 15) is 4.79 Å². The molecule has 0 saturated heterocycles. The highest BCUT2D eigenvalue weighted by atomic mass is 16.2. The van der Waals surface area contributed by atoms with E-state index in [1.54, 1.807) is 6.20 Å². The highest BCUT2D eigenvalue weighted by Crippen LogP contribution is 2.07. The van der Waals surface area contributed by atoms with Crippen molar-refractivity contribution in [3.8, 4) is 0 Å². The summed E-state index contributed by atoms with van der Waals surface area (Å²) in [6, 6.07) is 14.8. The van der Waals surface area contributed by atoms with Gasteiger partial charge in [0.25, 0.3) is 0 Å². The van der Waals surface area contributed by atoms with Crippen LogP contribution >= 0.6 is 0 Å². The third kappa shape index (κ3) is 3.65. The van der Waals surface area contributed by atoms with Gasteiger partial charge < -0.3 is 5.32 Å². The summed E-state index contributed by atoms with van der Waals surface area (Å²) < 4.78 is 0. The van der Waals surface area contributed by atoms with Gasteiger partial charge in [0.15, 0.2) is 0 Å². The van der Waals surface area contributed by atoms with Crippen molar-refractivity contribution >= 4 is 11.7 Å². The maximum atomic E-state index is 11.5. The highest BCUT2D eigenvalue weighted by Gasteiger charge is 2.08. The van der Waals surface area contributed by atoms with Crippen LogP contribution in [0.2, 0.25) is 0 Å². The van der Waals surface area contributed by atoms with Gasteiger partial charge in [0.1, 0.15) is 5.71 Å². The summed E-state index contributed by atoms with van der Waals surface area (Å²) in [5, 5.41) is 6.80. The number of hydrogen-bond donors (Lipinski definition) is 2. The van der Waals surface area contributed by atoms with E-state index in [1.807, 2.05) is 55.5 Å². The molecule has 2 aromatic rings. The molecule has 0 aliphatic carbocycles. The minimum absolute atomic E-state index is 0.336. The first-order valence-electron chi connectivity index (χ1n) is 6.39. The molecule has 102 valence electrons. The summed E-state index contributed by atoms with van der Waals surface area (Å²) in [5.41, 5.74) is 4.70. The van der Waals surface area contributed by atoms with E-state index in [4.69, 9.17) is 0 Å². The average molecular weight is 268 g/mol. The van der Waals surface area contributed by atoms with Crippen molar-refractivity contribution in [2.45, 2.75) is 6.92 Å². The molecule has 0 atom stereocenters. The number of pyridine rings is 1. The van der Waals surface area contributed by atoms with E-state index >= 15 is 0 Å². The molecule has 5 heteroatoms. The topological polar surface area (TPSA) is 66.4 Å². The van der Waals surface area contributed by atoms with E-state index in [2.05, 4.69) is 20.8 Å². The fraction of sp³-hybridized carbons (Fsp3) is 0.133. The molecule has 5 nitrogen and oxygen atoms in total. The monoisotopic (exact) mass is 268 g/mol. The molecular formula is C15H16N4O. The number of carbonyl (C=O) groups is 1. The zero-order valence-electron chi connectivity index (χ0n) is 11.2. The predicted octanol–water partition coefficient (Wildman–Crippen LogP) is 2.15. The molecule has 20 heavy (non-hydrogen) atoms. The largest absolute Gasteiger partial charge is 0.337 e. The van der Waals surface area contributed by atoms with Gasteiger partial charge in [0, 0.05) is 18.3 Å². The SMILES string of the molecule is CCNC(=O)NN=C(c1ccccc1)c1ccccn1. The van der Waals surface area contributed by atoms with E-state index in [1.165, 1.54) is 0 Å². The van der Waals surface area contributed by atoms with Crippen LogP contribution in [0.3, 0.4) is 0 Å². The summed E-state index contributed by atoms with van der Waals surface area (Å²) >= 11 is 0. The van der Waals surface area contributed by atoms with Crippen LogP contribution in [0, 0.1) is 0 Å². The molecule has 0 radical (unpaired) electrons. The van der Waals surface area contributed by atoms with Gasteiger partial charge in [0.05, 0.1) is 5.69 Å². The average Bonchev–Trinajstić information content (AvgIpc) is 2.50. The molecule has 0 bridgehead atoms. The Bertz CT molecular complexity index is 540. The number of aromatic nitrogens is 1. The summed E-state index contributed by atoms with van der Waals surface area (Å²) in [6.07, 6.45) is 1.69. The standard InChI is InChI=1S/C15H16N4O/c1-2-16-15(20)19-18-14(12-8-4-3-5-9-12)13-10-6-7-11-17-13/h3-11H,2H2,1H3,(H2,16,19,20). The van der Waals surface area contributed by atoms with Crippen LogP contribution in [-0.4, -0.2) is 23.3 Å². The van der Waals surface area contributed by atoms with Crippen molar-refractivity contribution in [2.75, 3.05) is 6.54 Å². The first-order valence-corrected chi connectivity index (χ1v) is 6.39. The number of urea groups is 1. The maximum absolute atomic E-state index is 11.5. The van der Waals surface area contributed by atoms with Crippen molar-refractivity contribution < 1.29 is 4.79 Å². The number of hydrogen-bond acceptors (Lipinski definition) is 3. The molecule has 0 spiro atoms. The van der Waals surface area contributed by atoms with Crippen LogP contribution < -0.4 is 10.7 Å². The fourth-order valence-electron chi connectivity index (χ4n) is 1.68. The predicted molar refractivity (Wildman–Crippen MR) is 78.5 cm³/mol. The van der Waals surface area contributed by atoms with Crippen LogP contribution in [-0.2, 0) is 0 Å². The number of amides is 2. The minimum atomic E-state index is -0.336. The van der Waals surface area contributed by atoms with Crippen molar-refractivity contribution in [1.82, 2.24) is 15.7 Å². The Morgan fingerprint density at radius 1 is 1.15 bits per heavy atom. The van der Waals surface area contributed by atoms with E-state index in [0.717, 1.165) is 5.56 Å². The van der Waals surface area contributed by atoms with Crippen molar-refractivity contribution in [2.24, 2.45) is 5.10 Å². The Hall–Kier alpha value is -2.69. The summed E-state index contributed by atoms with van der Waals surface area (Å²) in [4.78, 5) is 15.7. The zero-order valence-corrected chi connectivity index (χ0v) is 11.2. The van der Waals surface area contributed by atoms with E-state index in [0.29, 0.717) is 18.0 Å². The second kappa shape index (κ2) is 7.04. The lowest BCUT2D eigenvalue weighted by Gasteiger charge is -2.07. The van der Waals surface area contributed by atoms with Gasteiger partial charge in [-0.15, -0.1) is 0 Å². The van der Waals surface area contributed by atoms with E-state index < -0.39 is 0 Å². The molecule has 0 fully saturated rings. The smallest absolute Gasteiger partial charge is 0.335 e. The lowest BCUT2D eigenvalue weighted by atomic mass is 10.1. The molecule has 2 amide bonds. The molecule has 0 unspecified atom stereocenters. The van der Waals surface area contributed by atoms with Gasteiger partial charge in [-0.25, -0.2) is 10.2 Å². The number of benzene rings is 1. The Morgan fingerprint density at radius 2 is 1.90 bits per heavy atom. The molecule has 0 aliphatic rings. The van der Waals surface area contributed by atoms with Gasteiger partial charge in [-0.1, -0.05) is 36.4 Å². The number of carbonyl (C=O) groups excluding carboxylic acids is 1. The lowest BCUT2D eigenvalue weighted by Crippen LogP contribution is -2.32. The van der Waals surface area contributed by atoms with Crippen LogP contribution in [0.25, 0.3) is 0 Å². The molecular weight excluding hydrogens is 252 g/mol. The first kappa shape index (κ1) is 13.7. The van der Waals surface area contributed by atoms with Gasteiger partial charge in [0.2, 0.25) is 0 Å². The van der Waals surface area contributed by atoms with Gasteiger partial charge in [-0.3, -0.25) is 4.98 Å². The van der Waals surface area contributed by atoms with Crippen molar-refractivity contribution in [3.63, 3.8) is 0 Å². The zero-order chi connectivity index (χ0) is 14.2. The number of rotatable bonds is 4. The molecule has 2 N–H and O–H groups in total. The highest BCUT2D eigenvalue weighted by molar-refractivity contribution is 6.11. The molecule has 0 aliphatic heterocycles. The number of nitrogens with one attached hydrogen (secondary N) is 2. The van der Waals surface area contributed by atoms with Crippen LogP contribution in [0.15, 0.2) is 59.8 Å². The Balaban J connectivity index is 2.30. The third-order valence-electron chi connectivity index (χ3n) is 2.56. The first-order chi connectivity index (χ1) is 9.81. The van der Waals surface area contributed by atoms with Gasteiger partial charge >= 0.3 is 6.03 Å². The molecule has 1 aromatic heterocycles. The fourth-order valence-corrected chi connectivity index (χ4v) is 1.68. The molecule has 1 aromatic carbocycles. The minimum Gasteiger partial charge on any atom is -0.337 e. The van der Waals surface area contributed by atoms with Crippen LogP contribution in [0.5, 0.6) is 0 Å². The van der Waals surface area contributed by atoms with E-state index in [-0.39, 0.29) is 6.03 Å². The van der Waals surface area contributed by atoms with Gasteiger partial charge in [-0.05, 0) is 19.1 Å². The second-order valence-electron chi connectivity index (χ2n) is 4.01. The quantitative estimate of drug-likeness (QED) is 0.659. The second-order valence-corrected chi connectivity index (χ2v) is 4.01. The Morgan fingerprint density at radius 3 is 2.55 bits per heavy atom. The van der Waals surface area contributed by atoms with Gasteiger partial charge in [-0.2, -0.15) is 5.10 Å².